The van der Waals surface area contributed by atoms with E-state index in [2.05, 4.69) is 78.9 Å². The van der Waals surface area contributed by atoms with Gasteiger partial charge in [0, 0.05) is 5.56 Å². The van der Waals surface area contributed by atoms with E-state index in [-0.39, 0.29) is 11.5 Å². The fourth-order valence-electron chi connectivity index (χ4n) is 6.20. The van der Waals surface area contributed by atoms with E-state index in [4.69, 9.17) is 0 Å². The molecule has 0 atom stereocenters. The van der Waals surface area contributed by atoms with Crippen molar-refractivity contribution in [3.05, 3.63) is 133 Å². The van der Waals surface area contributed by atoms with E-state index < -0.39 is 0 Å². The van der Waals surface area contributed by atoms with Crippen molar-refractivity contribution in [2.24, 2.45) is 0 Å². The summed E-state index contributed by atoms with van der Waals surface area (Å²) < 4.78 is 0. The van der Waals surface area contributed by atoms with Crippen LogP contribution in [0.4, 0.5) is 0 Å². The summed E-state index contributed by atoms with van der Waals surface area (Å²) in [6.45, 7) is 0. The highest BCUT2D eigenvalue weighted by atomic mass is 16.3. The summed E-state index contributed by atoms with van der Waals surface area (Å²) in [5.74, 6) is -0.235. The third-order valence-electron chi connectivity index (χ3n) is 8.17. The normalized spacial score (nSPS) is 11.7. The van der Waals surface area contributed by atoms with Crippen molar-refractivity contribution >= 4 is 53.9 Å². The zero-order chi connectivity index (χ0) is 26.8. The van der Waals surface area contributed by atoms with E-state index in [1.165, 1.54) is 37.7 Å². The molecule has 8 aromatic carbocycles. The number of benzene rings is 8. The van der Waals surface area contributed by atoms with E-state index >= 15 is 0 Å². The predicted molar refractivity (Wildman–Crippen MR) is 168 cm³/mol. The zero-order valence-electron chi connectivity index (χ0n) is 21.6. The molecule has 188 valence electrons. The molecule has 0 saturated heterocycles. The molecule has 0 unspecified atom stereocenters. The SMILES string of the molecule is Oc1ccc(-c2ccccc2)c(-c2cccc3cc4ccc5cc6cc7ccccc7cc6cc5c4cc23)c1O. The van der Waals surface area contributed by atoms with Crippen LogP contribution in [-0.2, 0) is 0 Å². The van der Waals surface area contributed by atoms with Crippen LogP contribution in [0, 0.1) is 0 Å². The number of fused-ring (bicyclic) bond motifs is 6. The second kappa shape index (κ2) is 8.59. The Morgan fingerprint density at radius 1 is 0.350 bits per heavy atom. The van der Waals surface area contributed by atoms with Gasteiger partial charge < -0.3 is 10.2 Å². The Hall–Kier alpha value is -5.34. The monoisotopic (exact) mass is 512 g/mol. The first-order chi connectivity index (χ1) is 19.6. The molecule has 0 spiro atoms. The molecule has 0 fully saturated rings. The van der Waals surface area contributed by atoms with Gasteiger partial charge in [-0.25, -0.2) is 0 Å². The fourth-order valence-corrected chi connectivity index (χ4v) is 6.20. The summed E-state index contributed by atoms with van der Waals surface area (Å²) in [5, 5.41) is 33.5. The van der Waals surface area contributed by atoms with Gasteiger partial charge >= 0.3 is 0 Å². The summed E-state index contributed by atoms with van der Waals surface area (Å²) in [6.07, 6.45) is 0. The molecular formula is C38H24O2. The molecule has 2 N–H and O–H groups in total. The minimum absolute atomic E-state index is 0.107. The summed E-state index contributed by atoms with van der Waals surface area (Å²) in [7, 11) is 0. The number of hydrogen-bond donors (Lipinski definition) is 2. The number of aromatic hydroxyl groups is 2. The second-order valence-electron chi connectivity index (χ2n) is 10.5. The Bertz CT molecular complexity index is 2280. The topological polar surface area (TPSA) is 40.5 Å². The summed E-state index contributed by atoms with van der Waals surface area (Å²) >= 11 is 0. The van der Waals surface area contributed by atoms with E-state index in [1.54, 1.807) is 6.07 Å². The predicted octanol–water partition coefficient (Wildman–Crippen LogP) is 10.2. The van der Waals surface area contributed by atoms with Gasteiger partial charge in [-0.1, -0.05) is 84.9 Å². The van der Waals surface area contributed by atoms with Crippen molar-refractivity contribution in [3.63, 3.8) is 0 Å². The summed E-state index contributed by atoms with van der Waals surface area (Å²) in [5.41, 5.74) is 3.37. The third-order valence-corrected chi connectivity index (χ3v) is 8.17. The minimum atomic E-state index is -0.128. The fraction of sp³-hybridized carbons (Fsp3) is 0. The molecule has 8 rings (SSSR count). The maximum atomic E-state index is 11.2. The highest BCUT2D eigenvalue weighted by Crippen LogP contribution is 2.46. The molecule has 0 aliphatic heterocycles. The zero-order valence-corrected chi connectivity index (χ0v) is 21.6. The Morgan fingerprint density at radius 2 is 0.925 bits per heavy atom. The molecule has 2 heteroatoms. The Morgan fingerprint density at radius 3 is 1.68 bits per heavy atom. The van der Waals surface area contributed by atoms with Crippen molar-refractivity contribution < 1.29 is 10.2 Å². The second-order valence-corrected chi connectivity index (χ2v) is 10.5. The smallest absolute Gasteiger partial charge is 0.166 e. The van der Waals surface area contributed by atoms with Crippen molar-refractivity contribution in [3.8, 4) is 33.8 Å². The van der Waals surface area contributed by atoms with E-state index in [0.717, 1.165) is 32.8 Å². The van der Waals surface area contributed by atoms with Crippen LogP contribution in [0.1, 0.15) is 0 Å². The maximum absolute atomic E-state index is 11.2. The van der Waals surface area contributed by atoms with Crippen LogP contribution in [-0.4, -0.2) is 10.2 Å². The van der Waals surface area contributed by atoms with Gasteiger partial charge in [0.15, 0.2) is 11.5 Å². The highest BCUT2D eigenvalue weighted by molar-refractivity contribution is 6.18. The molecular weight excluding hydrogens is 488 g/mol. The molecule has 0 aliphatic rings. The average Bonchev–Trinajstić information content (AvgIpc) is 2.99. The third kappa shape index (κ3) is 3.43. The Balaban J connectivity index is 1.45. The van der Waals surface area contributed by atoms with Crippen LogP contribution in [0.3, 0.4) is 0 Å². The van der Waals surface area contributed by atoms with Gasteiger partial charge in [-0.2, -0.15) is 0 Å². The summed E-state index contributed by atoms with van der Waals surface area (Å²) in [4.78, 5) is 0. The van der Waals surface area contributed by atoms with Crippen LogP contribution >= 0.6 is 0 Å². The first kappa shape index (κ1) is 22.6. The van der Waals surface area contributed by atoms with Crippen LogP contribution in [0.2, 0.25) is 0 Å². The highest BCUT2D eigenvalue weighted by Gasteiger charge is 2.18. The van der Waals surface area contributed by atoms with Crippen LogP contribution in [0.15, 0.2) is 133 Å². The largest absolute Gasteiger partial charge is 0.504 e. The van der Waals surface area contributed by atoms with Gasteiger partial charge in [0.25, 0.3) is 0 Å². The number of hydrogen-bond acceptors (Lipinski definition) is 2. The standard InChI is InChI=1S/C38H24O2/c39-36-16-15-31(23-7-2-1-3-8-23)37(38(36)40)32-12-6-11-26-19-27-13-14-28-20-29-17-24-9-4-5-10-25(24)18-30(29)21-33(28)35(27)22-34(26)32/h1-22,39-40H. The van der Waals surface area contributed by atoms with Crippen molar-refractivity contribution in [1.29, 1.82) is 0 Å². The van der Waals surface area contributed by atoms with E-state index in [9.17, 15) is 10.2 Å². The molecule has 0 heterocycles. The molecule has 0 aliphatic carbocycles. The molecule has 2 nitrogen and oxygen atoms in total. The lowest BCUT2D eigenvalue weighted by molar-refractivity contribution is 0.405. The van der Waals surface area contributed by atoms with E-state index in [1.807, 2.05) is 48.5 Å². The minimum Gasteiger partial charge on any atom is -0.504 e. The lowest BCUT2D eigenvalue weighted by Crippen LogP contribution is -1.89. The lowest BCUT2D eigenvalue weighted by Gasteiger charge is -2.16. The van der Waals surface area contributed by atoms with Gasteiger partial charge in [-0.05, 0) is 119 Å². The molecule has 40 heavy (non-hydrogen) atoms. The van der Waals surface area contributed by atoms with E-state index in [0.29, 0.717) is 5.56 Å². The number of phenolic OH excluding ortho intramolecular Hbond substituents is 2. The van der Waals surface area contributed by atoms with Gasteiger partial charge in [-0.3, -0.25) is 0 Å². The summed E-state index contributed by atoms with van der Waals surface area (Å²) in [6, 6.07) is 46.1. The Kier molecular flexibility index (Phi) is 4.86. The molecule has 0 bridgehead atoms. The molecule has 0 aromatic heterocycles. The van der Waals surface area contributed by atoms with Crippen LogP contribution in [0.25, 0.3) is 76.1 Å². The van der Waals surface area contributed by atoms with Crippen molar-refractivity contribution in [1.82, 2.24) is 0 Å². The van der Waals surface area contributed by atoms with Crippen LogP contribution < -0.4 is 0 Å². The average molecular weight is 513 g/mol. The van der Waals surface area contributed by atoms with Gasteiger partial charge in [0.05, 0.1) is 0 Å². The first-order valence-corrected chi connectivity index (χ1v) is 13.5. The quantitative estimate of drug-likeness (QED) is 0.137. The molecule has 8 aromatic rings. The maximum Gasteiger partial charge on any atom is 0.166 e. The number of phenols is 2. The first-order valence-electron chi connectivity index (χ1n) is 13.5. The van der Waals surface area contributed by atoms with Gasteiger partial charge in [0.1, 0.15) is 0 Å². The molecule has 0 radical (unpaired) electrons. The number of rotatable bonds is 2. The Labute approximate surface area is 231 Å². The van der Waals surface area contributed by atoms with Crippen LogP contribution in [0.5, 0.6) is 11.5 Å². The van der Waals surface area contributed by atoms with Crippen molar-refractivity contribution in [2.45, 2.75) is 0 Å². The van der Waals surface area contributed by atoms with Gasteiger partial charge in [0.2, 0.25) is 0 Å². The molecule has 0 amide bonds. The van der Waals surface area contributed by atoms with Crippen molar-refractivity contribution in [2.75, 3.05) is 0 Å². The lowest BCUT2D eigenvalue weighted by atomic mass is 9.88. The van der Waals surface area contributed by atoms with Gasteiger partial charge in [-0.15, -0.1) is 0 Å². The molecule has 0 saturated carbocycles.